The molecular weight excluding hydrogens is 378 g/mol. The van der Waals surface area contributed by atoms with Crippen molar-refractivity contribution in [1.29, 1.82) is 0 Å². The highest BCUT2D eigenvalue weighted by Crippen LogP contribution is 2.46. The molecule has 0 fully saturated rings. The molecule has 0 spiro atoms. The summed E-state index contributed by atoms with van der Waals surface area (Å²) in [5.74, 6) is -0.483. The molecule has 30 heavy (non-hydrogen) atoms. The van der Waals surface area contributed by atoms with Gasteiger partial charge in [0, 0.05) is 34.9 Å². The summed E-state index contributed by atoms with van der Waals surface area (Å²) in [6.45, 7) is 7.04. The van der Waals surface area contributed by atoms with Crippen LogP contribution in [0.15, 0.2) is 40.5 Å². The number of aliphatic imine (C=N–C) groups is 1. The Labute approximate surface area is 179 Å². The average Bonchev–Trinajstić information content (AvgIpc) is 2.74. The predicted octanol–water partition coefficient (Wildman–Crippen LogP) is 5.39. The van der Waals surface area contributed by atoms with E-state index in [0.29, 0.717) is 25.2 Å². The van der Waals surface area contributed by atoms with Gasteiger partial charge in [0.1, 0.15) is 11.7 Å². The van der Waals surface area contributed by atoms with E-state index in [1.165, 1.54) is 0 Å². The third-order valence-electron chi connectivity index (χ3n) is 5.80. The Hall–Kier alpha value is -2.43. The summed E-state index contributed by atoms with van der Waals surface area (Å²) in [4.78, 5) is 30.9. The number of carbonyl (C=O) groups is 2. The number of nitrogens with zero attached hydrogens (tertiary/aromatic N) is 1. The van der Waals surface area contributed by atoms with Crippen molar-refractivity contribution in [2.24, 2.45) is 10.9 Å². The van der Waals surface area contributed by atoms with Crippen molar-refractivity contribution in [3.63, 3.8) is 0 Å². The van der Waals surface area contributed by atoms with Crippen molar-refractivity contribution in [3.8, 4) is 5.75 Å². The number of carbonyl (C=O) groups excluding carboxylic acids is 2. The molecule has 1 aromatic rings. The third kappa shape index (κ3) is 4.82. The quantitative estimate of drug-likeness (QED) is 0.404. The fraction of sp³-hybridized carbons (Fsp3) is 0.560. The molecule has 1 heterocycles. The standard InChI is InChI=1S/C25H33NO4/c1-4-6-9-16-30-25(28)22-17(3)26-19-12-10-13-20(27)24(19)23(22)18-11-7-8-14-21(18)29-15-5-2/h7-8,11,14,22-23H,4-6,9-10,12-13,15-16H2,1-3H3/t22?,23-/m1/s1. The molecule has 0 N–H and O–H groups in total. The van der Waals surface area contributed by atoms with Crippen molar-refractivity contribution in [1.82, 2.24) is 0 Å². The van der Waals surface area contributed by atoms with Crippen molar-refractivity contribution in [3.05, 3.63) is 41.1 Å². The van der Waals surface area contributed by atoms with E-state index in [9.17, 15) is 9.59 Å². The summed E-state index contributed by atoms with van der Waals surface area (Å²) in [7, 11) is 0. The number of rotatable bonds is 9. The first-order chi connectivity index (χ1) is 14.6. The van der Waals surface area contributed by atoms with E-state index in [1.54, 1.807) is 0 Å². The monoisotopic (exact) mass is 411 g/mol. The lowest BCUT2D eigenvalue weighted by molar-refractivity contribution is -0.146. The Bertz CT molecular complexity index is 839. The fourth-order valence-electron chi connectivity index (χ4n) is 4.34. The van der Waals surface area contributed by atoms with Crippen LogP contribution in [-0.4, -0.2) is 30.7 Å². The lowest BCUT2D eigenvalue weighted by atomic mass is 9.71. The van der Waals surface area contributed by atoms with E-state index in [1.807, 2.05) is 31.2 Å². The van der Waals surface area contributed by atoms with Crippen LogP contribution < -0.4 is 4.74 Å². The summed E-state index contributed by atoms with van der Waals surface area (Å²) in [6, 6.07) is 7.75. The van der Waals surface area contributed by atoms with E-state index >= 15 is 0 Å². The molecule has 1 unspecified atom stereocenters. The zero-order valence-corrected chi connectivity index (χ0v) is 18.4. The van der Waals surface area contributed by atoms with Gasteiger partial charge < -0.3 is 9.47 Å². The topological polar surface area (TPSA) is 65.0 Å². The molecule has 0 saturated heterocycles. The Morgan fingerprint density at radius 1 is 1.10 bits per heavy atom. The van der Waals surface area contributed by atoms with Crippen LogP contribution in [0.4, 0.5) is 0 Å². The van der Waals surface area contributed by atoms with E-state index in [0.717, 1.165) is 61.2 Å². The van der Waals surface area contributed by atoms with Gasteiger partial charge in [-0.2, -0.15) is 0 Å². The number of esters is 1. The van der Waals surface area contributed by atoms with Crippen LogP contribution in [0.2, 0.25) is 0 Å². The Kier molecular flexibility index (Phi) is 7.83. The summed E-state index contributed by atoms with van der Waals surface area (Å²) in [5.41, 5.74) is 3.10. The number of allylic oxidation sites excluding steroid dienone is 2. The van der Waals surface area contributed by atoms with Gasteiger partial charge in [0.15, 0.2) is 5.78 Å². The summed E-state index contributed by atoms with van der Waals surface area (Å²) >= 11 is 0. The lowest BCUT2D eigenvalue weighted by Crippen LogP contribution is -2.37. The zero-order chi connectivity index (χ0) is 21.5. The molecule has 1 aliphatic heterocycles. The van der Waals surface area contributed by atoms with E-state index in [4.69, 9.17) is 14.5 Å². The first kappa shape index (κ1) is 22.3. The number of ether oxygens (including phenoxy) is 2. The van der Waals surface area contributed by atoms with Crippen molar-refractivity contribution >= 4 is 17.5 Å². The molecule has 3 rings (SSSR count). The molecule has 0 radical (unpaired) electrons. The summed E-state index contributed by atoms with van der Waals surface area (Å²) in [5, 5.41) is 0. The molecule has 0 saturated carbocycles. The van der Waals surface area contributed by atoms with Crippen LogP contribution in [-0.2, 0) is 14.3 Å². The molecule has 0 amide bonds. The SMILES string of the molecule is CCCCCOC(=O)C1C(C)=NC2=C(C(=O)CCC2)[C@@H]1c1ccccc1OCCC. The number of ketones is 1. The van der Waals surface area contributed by atoms with Gasteiger partial charge in [-0.15, -0.1) is 0 Å². The van der Waals surface area contributed by atoms with Gasteiger partial charge in [-0.1, -0.05) is 44.9 Å². The minimum absolute atomic E-state index is 0.0894. The second kappa shape index (κ2) is 10.6. The summed E-state index contributed by atoms with van der Waals surface area (Å²) < 4.78 is 11.7. The van der Waals surface area contributed by atoms with Gasteiger partial charge >= 0.3 is 5.97 Å². The Balaban J connectivity index is 2.01. The van der Waals surface area contributed by atoms with Crippen LogP contribution in [0, 0.1) is 5.92 Å². The molecule has 0 bridgehead atoms. The van der Waals surface area contributed by atoms with Gasteiger partial charge in [0.05, 0.1) is 13.2 Å². The average molecular weight is 412 g/mol. The largest absolute Gasteiger partial charge is 0.493 e. The molecule has 1 aromatic carbocycles. The van der Waals surface area contributed by atoms with Crippen LogP contribution in [0.25, 0.3) is 0 Å². The number of hydrogen-bond acceptors (Lipinski definition) is 5. The summed E-state index contributed by atoms with van der Waals surface area (Å²) in [6.07, 6.45) is 5.90. The maximum Gasteiger partial charge on any atom is 0.315 e. The van der Waals surface area contributed by atoms with Gasteiger partial charge in [-0.3, -0.25) is 14.6 Å². The number of Topliss-reactive ketones (excluding diaryl/α,β-unsaturated/α-hetero) is 1. The highest BCUT2D eigenvalue weighted by Gasteiger charge is 2.44. The van der Waals surface area contributed by atoms with Crippen molar-refractivity contribution < 1.29 is 19.1 Å². The second-order valence-electron chi connectivity index (χ2n) is 8.11. The third-order valence-corrected chi connectivity index (χ3v) is 5.80. The van der Waals surface area contributed by atoms with Crippen LogP contribution in [0.5, 0.6) is 5.75 Å². The van der Waals surface area contributed by atoms with Gasteiger partial charge in [0.2, 0.25) is 0 Å². The van der Waals surface area contributed by atoms with Gasteiger partial charge in [-0.05, 0) is 38.7 Å². The number of benzene rings is 1. The van der Waals surface area contributed by atoms with Crippen molar-refractivity contribution in [2.75, 3.05) is 13.2 Å². The van der Waals surface area contributed by atoms with Crippen LogP contribution >= 0.6 is 0 Å². The number of hydrogen-bond donors (Lipinski definition) is 0. The maximum atomic E-state index is 13.2. The highest BCUT2D eigenvalue weighted by molar-refractivity contribution is 6.09. The first-order valence-corrected chi connectivity index (χ1v) is 11.3. The number of para-hydroxylation sites is 1. The van der Waals surface area contributed by atoms with Crippen LogP contribution in [0.3, 0.4) is 0 Å². The fourth-order valence-corrected chi connectivity index (χ4v) is 4.34. The zero-order valence-electron chi connectivity index (χ0n) is 18.4. The minimum Gasteiger partial charge on any atom is -0.493 e. The Morgan fingerprint density at radius 2 is 1.90 bits per heavy atom. The molecule has 1 aliphatic carbocycles. The highest BCUT2D eigenvalue weighted by atomic mass is 16.5. The molecule has 5 nitrogen and oxygen atoms in total. The van der Waals surface area contributed by atoms with Gasteiger partial charge in [-0.25, -0.2) is 0 Å². The molecule has 2 atom stereocenters. The van der Waals surface area contributed by atoms with Crippen LogP contribution in [0.1, 0.15) is 77.2 Å². The number of unbranched alkanes of at least 4 members (excludes halogenated alkanes) is 2. The predicted molar refractivity (Wildman–Crippen MR) is 118 cm³/mol. The molecule has 0 aromatic heterocycles. The minimum atomic E-state index is -0.598. The molecule has 162 valence electrons. The van der Waals surface area contributed by atoms with Crippen molar-refractivity contribution in [2.45, 2.75) is 71.6 Å². The second-order valence-corrected chi connectivity index (χ2v) is 8.11. The lowest BCUT2D eigenvalue weighted by Gasteiger charge is -2.35. The van der Waals surface area contributed by atoms with E-state index in [2.05, 4.69) is 13.8 Å². The maximum absolute atomic E-state index is 13.2. The van der Waals surface area contributed by atoms with E-state index in [-0.39, 0.29) is 11.8 Å². The van der Waals surface area contributed by atoms with Gasteiger partial charge in [0.25, 0.3) is 0 Å². The van der Waals surface area contributed by atoms with E-state index < -0.39 is 11.8 Å². The smallest absolute Gasteiger partial charge is 0.315 e. The Morgan fingerprint density at radius 3 is 2.67 bits per heavy atom. The molecule has 5 heteroatoms. The first-order valence-electron chi connectivity index (χ1n) is 11.3. The normalized spacial score (nSPS) is 21.2. The molecule has 2 aliphatic rings. The molecular formula is C25H33NO4.